The summed E-state index contributed by atoms with van der Waals surface area (Å²) in [7, 11) is 0. The topological polar surface area (TPSA) is 65.6 Å². The second kappa shape index (κ2) is 4.11. The van der Waals surface area contributed by atoms with Crippen LogP contribution in [0.25, 0.3) is 5.57 Å². The number of hydrogen-bond donors (Lipinski definition) is 2. The van der Waals surface area contributed by atoms with Crippen molar-refractivity contribution in [2.24, 2.45) is 5.92 Å². The molecule has 1 aromatic rings. The lowest BCUT2D eigenvalue weighted by Gasteiger charge is -1.98. The molecule has 2 rings (SSSR count). The number of nitrogens with two attached hydrogens (primary N) is 1. The van der Waals surface area contributed by atoms with E-state index in [1.54, 1.807) is 6.20 Å². The fraction of sp³-hybridized carbons (Fsp3) is 0.154. The predicted molar refractivity (Wildman–Crippen MR) is 65.3 cm³/mol. The first-order valence-corrected chi connectivity index (χ1v) is 5.16. The highest BCUT2D eigenvalue weighted by Gasteiger charge is 2.11. The monoisotopic (exact) mass is 211 g/mol. The van der Waals surface area contributed by atoms with Crippen molar-refractivity contribution in [1.82, 2.24) is 4.98 Å². The van der Waals surface area contributed by atoms with E-state index in [-0.39, 0.29) is 0 Å². The number of nitriles is 1. The molecular formula is C13H13N3. The van der Waals surface area contributed by atoms with Crippen LogP contribution >= 0.6 is 0 Å². The van der Waals surface area contributed by atoms with Crippen molar-refractivity contribution in [1.29, 1.82) is 5.26 Å². The molecule has 3 N–H and O–H groups in total. The van der Waals surface area contributed by atoms with E-state index in [1.165, 1.54) is 0 Å². The molecule has 3 heteroatoms. The Morgan fingerprint density at radius 1 is 1.44 bits per heavy atom. The lowest BCUT2D eigenvalue weighted by molar-refractivity contribution is 0.943. The van der Waals surface area contributed by atoms with Crippen molar-refractivity contribution in [2.75, 3.05) is 5.73 Å². The molecule has 1 unspecified atom stereocenters. The summed E-state index contributed by atoms with van der Waals surface area (Å²) in [6, 6.07) is 2.12. The zero-order valence-corrected chi connectivity index (χ0v) is 9.07. The van der Waals surface area contributed by atoms with Crippen LogP contribution in [0.15, 0.2) is 36.6 Å². The summed E-state index contributed by atoms with van der Waals surface area (Å²) in [5.74, 6) is 0.837. The number of anilines is 1. The average Bonchev–Trinajstić information content (AvgIpc) is 2.50. The molecule has 0 aliphatic heterocycles. The summed E-state index contributed by atoms with van der Waals surface area (Å²) in [4.78, 5) is 2.87. The van der Waals surface area contributed by atoms with Gasteiger partial charge in [0.05, 0.1) is 0 Å². The summed E-state index contributed by atoms with van der Waals surface area (Å²) in [5.41, 5.74) is 8.05. The largest absolute Gasteiger partial charge is 0.384 e. The Balaban J connectivity index is 2.46. The van der Waals surface area contributed by atoms with Crippen molar-refractivity contribution in [3.05, 3.63) is 47.7 Å². The summed E-state index contributed by atoms with van der Waals surface area (Å²) in [6.45, 7) is 2.11. The molecule has 0 amide bonds. The van der Waals surface area contributed by atoms with Gasteiger partial charge in [0.1, 0.15) is 17.5 Å². The molecule has 0 fully saturated rings. The minimum atomic E-state index is 0.413. The first-order valence-electron chi connectivity index (χ1n) is 5.16. The lowest BCUT2D eigenvalue weighted by Crippen LogP contribution is -1.89. The zero-order chi connectivity index (χ0) is 11.5. The molecule has 0 bridgehead atoms. The lowest BCUT2D eigenvalue weighted by atomic mass is 10.0. The van der Waals surface area contributed by atoms with Gasteiger partial charge in [-0.25, -0.2) is 0 Å². The molecule has 1 atom stereocenters. The van der Waals surface area contributed by atoms with Crippen molar-refractivity contribution in [2.45, 2.75) is 6.92 Å². The van der Waals surface area contributed by atoms with E-state index < -0.39 is 0 Å². The van der Waals surface area contributed by atoms with Crippen LogP contribution in [-0.2, 0) is 0 Å². The SMILES string of the molecule is CC1C=CC=C(c2c[nH]c(N)c2C#N)C=C1. The zero-order valence-electron chi connectivity index (χ0n) is 9.07. The number of aromatic amines is 1. The summed E-state index contributed by atoms with van der Waals surface area (Å²) < 4.78 is 0. The Bertz CT molecular complexity index is 524. The number of nitrogens with one attached hydrogen (secondary N) is 1. The van der Waals surface area contributed by atoms with Crippen LogP contribution in [0.3, 0.4) is 0 Å². The molecule has 0 saturated carbocycles. The van der Waals surface area contributed by atoms with Gasteiger partial charge in [0, 0.05) is 11.8 Å². The Kier molecular flexibility index (Phi) is 2.65. The fourth-order valence-electron chi connectivity index (χ4n) is 1.68. The maximum absolute atomic E-state index is 9.02. The van der Waals surface area contributed by atoms with Crippen LogP contribution in [0.1, 0.15) is 18.1 Å². The number of H-pyrrole nitrogens is 1. The molecule has 0 aromatic carbocycles. The second-order valence-corrected chi connectivity index (χ2v) is 3.83. The van der Waals surface area contributed by atoms with E-state index >= 15 is 0 Å². The molecule has 1 aromatic heterocycles. The smallest absolute Gasteiger partial charge is 0.119 e. The molecule has 80 valence electrons. The van der Waals surface area contributed by atoms with E-state index in [4.69, 9.17) is 11.0 Å². The molecule has 1 aliphatic carbocycles. The predicted octanol–water partition coefficient (Wildman–Crippen LogP) is 2.61. The van der Waals surface area contributed by atoms with Crippen molar-refractivity contribution in [3.8, 4) is 6.07 Å². The van der Waals surface area contributed by atoms with Gasteiger partial charge in [-0.05, 0) is 11.5 Å². The summed E-state index contributed by atoms with van der Waals surface area (Å²) in [5, 5.41) is 9.02. The molecule has 1 aliphatic rings. The van der Waals surface area contributed by atoms with Crippen LogP contribution in [0.2, 0.25) is 0 Å². The molecule has 0 radical (unpaired) electrons. The Morgan fingerprint density at radius 3 is 3.00 bits per heavy atom. The standard InChI is InChI=1S/C13H13N3/c1-9-3-2-4-10(6-5-9)12-8-16-13(15)11(12)7-14/h2-6,8-9,16H,15H2,1H3. The summed E-state index contributed by atoms with van der Waals surface area (Å²) >= 11 is 0. The Hall–Kier alpha value is -2.21. The molecule has 3 nitrogen and oxygen atoms in total. The number of aromatic nitrogens is 1. The van der Waals surface area contributed by atoms with Gasteiger partial charge in [0.15, 0.2) is 0 Å². The van der Waals surface area contributed by atoms with E-state index in [0.29, 0.717) is 17.3 Å². The molecule has 16 heavy (non-hydrogen) atoms. The van der Waals surface area contributed by atoms with Crippen LogP contribution in [0.4, 0.5) is 5.82 Å². The number of nitrogens with zero attached hydrogens (tertiary/aromatic N) is 1. The van der Waals surface area contributed by atoms with E-state index in [0.717, 1.165) is 11.1 Å². The van der Waals surface area contributed by atoms with Gasteiger partial charge in [-0.2, -0.15) is 5.26 Å². The first-order chi connectivity index (χ1) is 7.72. The third kappa shape index (κ3) is 1.78. The van der Waals surface area contributed by atoms with Gasteiger partial charge in [0.25, 0.3) is 0 Å². The van der Waals surface area contributed by atoms with E-state index in [9.17, 15) is 0 Å². The number of nitrogen functional groups attached to an aromatic ring is 1. The van der Waals surface area contributed by atoms with Crippen LogP contribution < -0.4 is 5.73 Å². The Morgan fingerprint density at radius 2 is 2.25 bits per heavy atom. The maximum Gasteiger partial charge on any atom is 0.119 e. The quantitative estimate of drug-likeness (QED) is 0.749. The second-order valence-electron chi connectivity index (χ2n) is 3.83. The fourth-order valence-corrected chi connectivity index (χ4v) is 1.68. The van der Waals surface area contributed by atoms with Gasteiger partial charge in [-0.3, -0.25) is 0 Å². The molecule has 0 saturated heterocycles. The molecular weight excluding hydrogens is 198 g/mol. The third-order valence-corrected chi connectivity index (χ3v) is 2.60. The number of allylic oxidation sites excluding steroid dienone is 6. The first kappa shape index (κ1) is 10.3. The van der Waals surface area contributed by atoms with Crippen molar-refractivity contribution < 1.29 is 0 Å². The number of hydrogen-bond acceptors (Lipinski definition) is 2. The highest BCUT2D eigenvalue weighted by Crippen LogP contribution is 2.26. The van der Waals surface area contributed by atoms with Crippen molar-refractivity contribution in [3.63, 3.8) is 0 Å². The minimum absolute atomic E-state index is 0.413. The Labute approximate surface area is 94.6 Å². The van der Waals surface area contributed by atoms with Gasteiger partial charge >= 0.3 is 0 Å². The van der Waals surface area contributed by atoms with Crippen LogP contribution in [0, 0.1) is 17.2 Å². The van der Waals surface area contributed by atoms with E-state index in [2.05, 4.69) is 30.1 Å². The minimum Gasteiger partial charge on any atom is -0.384 e. The van der Waals surface area contributed by atoms with Gasteiger partial charge in [0.2, 0.25) is 0 Å². The van der Waals surface area contributed by atoms with Crippen LogP contribution in [0.5, 0.6) is 0 Å². The van der Waals surface area contributed by atoms with Gasteiger partial charge < -0.3 is 10.7 Å². The average molecular weight is 211 g/mol. The molecule has 0 spiro atoms. The molecule has 1 heterocycles. The van der Waals surface area contributed by atoms with Gasteiger partial charge in [-0.1, -0.05) is 37.3 Å². The maximum atomic E-state index is 9.02. The third-order valence-electron chi connectivity index (χ3n) is 2.60. The van der Waals surface area contributed by atoms with Crippen LogP contribution in [-0.4, -0.2) is 4.98 Å². The van der Waals surface area contributed by atoms with Gasteiger partial charge in [-0.15, -0.1) is 0 Å². The highest BCUT2D eigenvalue weighted by atomic mass is 14.8. The summed E-state index contributed by atoms with van der Waals surface area (Å²) in [6.07, 6.45) is 12.0. The highest BCUT2D eigenvalue weighted by molar-refractivity contribution is 5.81. The van der Waals surface area contributed by atoms with E-state index in [1.807, 2.05) is 18.2 Å². The van der Waals surface area contributed by atoms with Crippen molar-refractivity contribution >= 4 is 11.4 Å². The number of rotatable bonds is 1. The normalized spacial score (nSPS) is 19.0.